The molecular weight excluding hydrogens is 281 g/mol. The smallest absolute Gasteiger partial charge is 1.00 e. The number of rotatable bonds is 7. The Kier molecular flexibility index (Phi) is 33.2. The van der Waals surface area contributed by atoms with Gasteiger partial charge >= 0.3 is 19.8 Å². The third-order valence-electron chi connectivity index (χ3n) is 1.73. The third-order valence-corrected chi connectivity index (χ3v) is 1.73. The number of unbranched alkanes of at least 4 members (excludes halogenated alkanes) is 5. The summed E-state index contributed by atoms with van der Waals surface area (Å²) in [5, 5.41) is 9.98. The van der Waals surface area contributed by atoms with Gasteiger partial charge in [-0.05, 0) is 12.8 Å². The van der Waals surface area contributed by atoms with Crippen LogP contribution in [0.15, 0.2) is 0 Å². The summed E-state index contributed by atoms with van der Waals surface area (Å²) < 4.78 is 0. The molecule has 0 bridgehead atoms. The van der Waals surface area contributed by atoms with Gasteiger partial charge < -0.3 is 34.7 Å². The number of carboxylic acid groups (broad SMARTS) is 1. The summed E-state index contributed by atoms with van der Waals surface area (Å²) in [5.41, 5.74) is 0. The fraction of sp³-hybridized carbons (Fsp3) is 0.889. The number of carboxylic acids is 1. The summed E-state index contributed by atoms with van der Waals surface area (Å²) in [6, 6.07) is 0. The van der Waals surface area contributed by atoms with E-state index in [0.717, 1.165) is 12.8 Å². The Morgan fingerprint density at radius 2 is 1.43 bits per heavy atom. The summed E-state index contributed by atoms with van der Waals surface area (Å²) in [6.07, 6.45) is 6.96. The van der Waals surface area contributed by atoms with Gasteiger partial charge in [0.1, 0.15) is 0 Å². The average Bonchev–Trinajstić information content (AvgIpc) is 1.96. The molecule has 0 aliphatic heterocycles. The van der Waals surface area contributed by atoms with Crippen molar-refractivity contribution in [1.29, 1.82) is 0 Å². The van der Waals surface area contributed by atoms with Gasteiger partial charge in [0.2, 0.25) is 0 Å². The van der Waals surface area contributed by atoms with Crippen molar-refractivity contribution in [3.8, 4) is 0 Å². The quantitative estimate of drug-likeness (QED) is 0.349. The number of carbonyl (C=O) groups excluding carboxylic acids is 1. The van der Waals surface area contributed by atoms with E-state index < -0.39 is 5.97 Å². The van der Waals surface area contributed by atoms with E-state index in [1.54, 1.807) is 0 Å². The molecule has 0 saturated carbocycles. The van der Waals surface area contributed by atoms with E-state index >= 15 is 0 Å². The van der Waals surface area contributed by atoms with E-state index in [1.165, 1.54) is 25.7 Å². The summed E-state index contributed by atoms with van der Waals surface area (Å²) in [5.74, 6) is -0.916. The van der Waals surface area contributed by atoms with E-state index in [0.29, 0.717) is 0 Å². The van der Waals surface area contributed by atoms with Crippen LogP contribution in [0.2, 0.25) is 0 Å². The van der Waals surface area contributed by atoms with E-state index in [2.05, 4.69) is 6.92 Å². The molecule has 0 N–H and O–H groups in total. The van der Waals surface area contributed by atoms with Crippen LogP contribution in [0.25, 0.3) is 0 Å². The second-order valence-corrected chi connectivity index (χ2v) is 2.89. The monoisotopic (exact) mass is 296 g/mol. The number of halogens is 2. The van der Waals surface area contributed by atoms with Crippen molar-refractivity contribution in [3.05, 3.63) is 0 Å². The average molecular weight is 298 g/mol. The third kappa shape index (κ3) is 23.0. The molecule has 0 radical (unpaired) electrons. The van der Waals surface area contributed by atoms with Crippen molar-refractivity contribution in [1.82, 2.24) is 0 Å². The molecule has 0 aromatic heterocycles. The molecule has 0 rings (SSSR count). The first-order chi connectivity index (χ1) is 5.27. The minimum absolute atomic E-state index is 0. The molecule has 0 aromatic rings. The van der Waals surface area contributed by atoms with Crippen LogP contribution in [0.3, 0.4) is 0 Å². The largest absolute Gasteiger partial charge is 3.00 e. The Labute approximate surface area is 112 Å². The Morgan fingerprint density at radius 1 is 1.00 bits per heavy atom. The molecule has 0 spiro atoms. The Bertz CT molecular complexity index is 113. The molecule has 0 aromatic carbocycles. The molecule has 14 heavy (non-hydrogen) atoms. The van der Waals surface area contributed by atoms with Crippen LogP contribution in [-0.2, 0) is 4.79 Å². The minimum atomic E-state index is -0.916. The van der Waals surface area contributed by atoms with Crippen LogP contribution in [-0.4, -0.2) is 25.8 Å². The van der Waals surface area contributed by atoms with Gasteiger partial charge in [-0.2, -0.15) is 0 Å². The van der Waals surface area contributed by atoms with Gasteiger partial charge in [-0.25, -0.2) is 0 Å². The number of hydrogen-bond acceptors (Lipinski definition) is 2. The van der Waals surface area contributed by atoms with Gasteiger partial charge in [0.15, 0.2) is 0 Å². The molecular formula is C9H17Cl2GaO2. The van der Waals surface area contributed by atoms with Gasteiger partial charge in [0.05, 0.1) is 0 Å². The van der Waals surface area contributed by atoms with Gasteiger partial charge in [0, 0.05) is 5.97 Å². The van der Waals surface area contributed by atoms with Gasteiger partial charge in [-0.1, -0.05) is 39.0 Å². The zero-order chi connectivity index (χ0) is 8.53. The molecule has 0 saturated heterocycles. The molecule has 0 unspecified atom stereocenters. The van der Waals surface area contributed by atoms with E-state index in [-0.39, 0.29) is 51.0 Å². The molecule has 0 aliphatic rings. The van der Waals surface area contributed by atoms with Crippen LogP contribution < -0.4 is 29.9 Å². The topological polar surface area (TPSA) is 40.1 Å². The standard InChI is InChI=1S/C9H18O2.2ClH.Ga/c1-2-3-4-5-6-7-8-9(10)11;;;/h2-8H2,1H3,(H,10,11);2*1H;/q;;;+3/p-3. The predicted molar refractivity (Wildman–Crippen MR) is 48.8 cm³/mol. The van der Waals surface area contributed by atoms with Crippen molar-refractivity contribution in [2.24, 2.45) is 0 Å². The van der Waals surface area contributed by atoms with Crippen LogP contribution in [0.5, 0.6) is 0 Å². The van der Waals surface area contributed by atoms with Crippen molar-refractivity contribution >= 4 is 25.8 Å². The molecule has 0 aliphatic carbocycles. The molecule has 2 nitrogen and oxygen atoms in total. The number of aliphatic carboxylic acids is 1. The van der Waals surface area contributed by atoms with Crippen LogP contribution in [0.4, 0.5) is 0 Å². The van der Waals surface area contributed by atoms with Crippen molar-refractivity contribution in [3.63, 3.8) is 0 Å². The molecule has 0 amide bonds. The first-order valence-electron chi connectivity index (χ1n) is 4.47. The first kappa shape index (κ1) is 24.1. The second-order valence-electron chi connectivity index (χ2n) is 2.89. The van der Waals surface area contributed by atoms with Gasteiger partial charge in [-0.15, -0.1) is 0 Å². The fourth-order valence-electron chi connectivity index (χ4n) is 1.05. The summed E-state index contributed by atoms with van der Waals surface area (Å²) >= 11 is 0. The van der Waals surface area contributed by atoms with Crippen LogP contribution in [0.1, 0.15) is 51.9 Å². The maximum Gasteiger partial charge on any atom is 3.00 e. The maximum absolute atomic E-state index is 9.98. The summed E-state index contributed by atoms with van der Waals surface area (Å²) in [6.45, 7) is 2.17. The van der Waals surface area contributed by atoms with E-state index in [4.69, 9.17) is 0 Å². The van der Waals surface area contributed by atoms with E-state index in [1.807, 2.05) is 0 Å². The van der Waals surface area contributed by atoms with Crippen molar-refractivity contribution in [2.45, 2.75) is 51.9 Å². The SMILES string of the molecule is CCCCCCCCC(=O)[O-].[Cl-].[Cl-].[Ga+3]. The molecule has 0 atom stereocenters. The second kappa shape index (κ2) is 19.3. The summed E-state index contributed by atoms with van der Waals surface area (Å²) in [4.78, 5) is 9.98. The Hall–Kier alpha value is 0.686. The van der Waals surface area contributed by atoms with Gasteiger partial charge in [-0.3, -0.25) is 0 Å². The minimum Gasteiger partial charge on any atom is -1.00 e. The molecule has 0 heterocycles. The summed E-state index contributed by atoms with van der Waals surface area (Å²) in [7, 11) is 0. The van der Waals surface area contributed by atoms with Crippen LogP contribution >= 0.6 is 0 Å². The van der Waals surface area contributed by atoms with Crippen molar-refractivity contribution in [2.75, 3.05) is 0 Å². The first-order valence-corrected chi connectivity index (χ1v) is 4.47. The van der Waals surface area contributed by atoms with Crippen LogP contribution in [0, 0.1) is 0 Å². The zero-order valence-electron chi connectivity index (χ0n) is 8.60. The number of hydrogen-bond donors (Lipinski definition) is 0. The van der Waals surface area contributed by atoms with Crippen molar-refractivity contribution < 1.29 is 34.7 Å². The zero-order valence-corrected chi connectivity index (χ0v) is 12.5. The predicted octanol–water partition coefficient (Wildman–Crippen LogP) is -4.89. The molecule has 82 valence electrons. The van der Waals surface area contributed by atoms with Gasteiger partial charge in [0.25, 0.3) is 0 Å². The molecule has 5 heteroatoms. The Balaban J connectivity index is -0.000000167. The molecule has 0 fully saturated rings. The Morgan fingerprint density at radius 3 is 1.86 bits per heavy atom. The number of carbonyl (C=O) groups is 1. The maximum atomic E-state index is 9.98. The normalized spacial score (nSPS) is 7.79. The fourth-order valence-corrected chi connectivity index (χ4v) is 1.05. The van der Waals surface area contributed by atoms with E-state index in [9.17, 15) is 9.90 Å².